The number of nitrogens with zero attached hydrogens (tertiary/aromatic N) is 6. The van der Waals surface area contributed by atoms with Crippen molar-refractivity contribution in [2.45, 2.75) is 32.7 Å². The molecule has 0 spiro atoms. The zero-order chi connectivity index (χ0) is 19.7. The molecule has 1 aliphatic heterocycles. The van der Waals surface area contributed by atoms with Crippen molar-refractivity contribution >= 4 is 11.5 Å². The van der Waals surface area contributed by atoms with Crippen LogP contribution in [0.25, 0.3) is 5.65 Å². The van der Waals surface area contributed by atoms with E-state index >= 15 is 0 Å². The standard InChI is InChI=1S/C18H16F3N7/c1-2-4-11-13(24-10-28-17(11)25-16(26-28)15(20)21)9-27-8-7-23-18(27)14-12(19)5-3-6-22-14/h3,5-8,10,15H,2,4,9H2,1H3/p+1. The van der Waals surface area contributed by atoms with E-state index < -0.39 is 18.1 Å². The molecular weight excluding hydrogens is 371 g/mol. The molecule has 1 aliphatic rings. The minimum atomic E-state index is -2.75. The number of halogens is 3. The average Bonchev–Trinajstić information content (AvgIpc) is 3.31. The summed E-state index contributed by atoms with van der Waals surface area (Å²) in [5.41, 5.74) is 1.96. The molecule has 1 unspecified atom stereocenters. The van der Waals surface area contributed by atoms with Gasteiger partial charge in [0, 0.05) is 11.8 Å². The number of rotatable bonds is 6. The molecule has 7 nitrogen and oxygen atoms in total. The van der Waals surface area contributed by atoms with Gasteiger partial charge in [0.1, 0.15) is 24.8 Å². The Morgan fingerprint density at radius 2 is 2.11 bits per heavy atom. The van der Waals surface area contributed by atoms with Crippen molar-refractivity contribution in [2.24, 2.45) is 4.99 Å². The Bertz CT molecular complexity index is 1070. The van der Waals surface area contributed by atoms with Gasteiger partial charge < -0.3 is 0 Å². The van der Waals surface area contributed by atoms with Crippen molar-refractivity contribution in [2.75, 3.05) is 0 Å². The third-order valence-corrected chi connectivity index (χ3v) is 4.41. The van der Waals surface area contributed by atoms with E-state index in [0.717, 1.165) is 16.9 Å². The molecule has 10 heteroatoms. The van der Waals surface area contributed by atoms with Crippen LogP contribution >= 0.6 is 0 Å². The van der Waals surface area contributed by atoms with Crippen LogP contribution < -0.4 is 4.90 Å². The van der Waals surface area contributed by atoms with Crippen molar-refractivity contribution in [1.82, 2.24) is 24.6 Å². The summed E-state index contributed by atoms with van der Waals surface area (Å²) in [6.07, 6.45) is 4.88. The Kier molecular flexibility index (Phi) is 4.86. The number of amidine groups is 1. The first-order chi connectivity index (χ1) is 13.6. The lowest BCUT2D eigenvalue weighted by Gasteiger charge is -2.14. The predicted molar refractivity (Wildman–Crippen MR) is 94.3 cm³/mol. The normalized spacial score (nSPS) is 16.3. The highest BCUT2D eigenvalue weighted by Gasteiger charge is 2.28. The van der Waals surface area contributed by atoms with E-state index in [1.165, 1.54) is 29.2 Å². The summed E-state index contributed by atoms with van der Waals surface area (Å²) >= 11 is 0. The lowest BCUT2D eigenvalue weighted by Crippen LogP contribution is -3.08. The van der Waals surface area contributed by atoms with Crippen LogP contribution in [0.2, 0.25) is 0 Å². The second-order valence-electron chi connectivity index (χ2n) is 6.29. The molecule has 0 saturated heterocycles. The van der Waals surface area contributed by atoms with Gasteiger partial charge in [0.15, 0.2) is 17.2 Å². The Hall–Kier alpha value is -3.14. The van der Waals surface area contributed by atoms with Crippen LogP contribution in [0.15, 0.2) is 42.0 Å². The third kappa shape index (κ3) is 3.26. The number of fused-ring (bicyclic) bond motifs is 1. The van der Waals surface area contributed by atoms with Crippen LogP contribution in [0.4, 0.5) is 13.2 Å². The van der Waals surface area contributed by atoms with Crippen LogP contribution in [0.3, 0.4) is 0 Å². The molecule has 3 aromatic heterocycles. The molecule has 0 bridgehead atoms. The lowest BCUT2D eigenvalue weighted by molar-refractivity contribution is -0.759. The minimum Gasteiger partial charge on any atom is -0.251 e. The first-order valence-corrected chi connectivity index (χ1v) is 8.81. The van der Waals surface area contributed by atoms with E-state index in [0.29, 0.717) is 30.1 Å². The lowest BCUT2D eigenvalue weighted by atomic mass is 10.1. The number of hydrogen-bond donors (Lipinski definition) is 1. The van der Waals surface area contributed by atoms with Crippen molar-refractivity contribution in [3.8, 4) is 0 Å². The summed E-state index contributed by atoms with van der Waals surface area (Å²) in [5, 5.41) is 3.79. The van der Waals surface area contributed by atoms with Gasteiger partial charge in [-0.3, -0.25) is 4.90 Å². The number of aryl methyl sites for hydroxylation is 1. The molecule has 28 heavy (non-hydrogen) atoms. The second kappa shape index (κ2) is 7.47. The van der Waals surface area contributed by atoms with E-state index in [2.05, 4.69) is 25.0 Å². The number of pyridine rings is 1. The van der Waals surface area contributed by atoms with Gasteiger partial charge in [-0.15, -0.1) is 5.10 Å². The van der Waals surface area contributed by atoms with Crippen LogP contribution in [0.5, 0.6) is 0 Å². The van der Waals surface area contributed by atoms with Gasteiger partial charge in [-0.2, -0.15) is 4.99 Å². The molecule has 3 aromatic rings. The molecule has 0 aliphatic carbocycles. The second-order valence-corrected chi connectivity index (χ2v) is 6.29. The van der Waals surface area contributed by atoms with Gasteiger partial charge >= 0.3 is 0 Å². The highest BCUT2D eigenvalue weighted by Crippen LogP contribution is 2.19. The molecule has 1 atom stereocenters. The molecule has 0 aromatic carbocycles. The number of alkyl halides is 2. The fourth-order valence-corrected chi connectivity index (χ4v) is 3.17. The maximum absolute atomic E-state index is 14.1. The zero-order valence-electron chi connectivity index (χ0n) is 15.0. The summed E-state index contributed by atoms with van der Waals surface area (Å²) in [5.74, 6) is -0.543. The molecule has 4 rings (SSSR count). The number of aromatic nitrogens is 5. The van der Waals surface area contributed by atoms with E-state index in [9.17, 15) is 13.2 Å². The molecular formula is C18H17F3N7+. The van der Waals surface area contributed by atoms with Gasteiger partial charge in [0.25, 0.3) is 12.3 Å². The fourth-order valence-electron chi connectivity index (χ4n) is 3.17. The van der Waals surface area contributed by atoms with Crippen LogP contribution in [-0.4, -0.2) is 30.4 Å². The van der Waals surface area contributed by atoms with Gasteiger partial charge in [-0.05, 0) is 18.6 Å². The van der Waals surface area contributed by atoms with Crippen molar-refractivity contribution in [3.63, 3.8) is 0 Å². The molecule has 144 valence electrons. The number of aliphatic imine (C=N–C) groups is 1. The Labute approximate surface area is 158 Å². The maximum atomic E-state index is 14.1. The van der Waals surface area contributed by atoms with Crippen molar-refractivity contribution < 1.29 is 18.1 Å². The van der Waals surface area contributed by atoms with E-state index in [-0.39, 0.29) is 5.69 Å². The predicted octanol–water partition coefficient (Wildman–Crippen LogP) is 1.86. The number of quaternary nitrogens is 1. The highest BCUT2D eigenvalue weighted by atomic mass is 19.3. The summed E-state index contributed by atoms with van der Waals surface area (Å²) in [7, 11) is 0. The Morgan fingerprint density at radius 3 is 2.86 bits per heavy atom. The van der Waals surface area contributed by atoms with E-state index in [4.69, 9.17) is 0 Å². The number of hydrogen-bond acceptors (Lipinski definition) is 5. The van der Waals surface area contributed by atoms with E-state index in [1.54, 1.807) is 12.4 Å². The van der Waals surface area contributed by atoms with Gasteiger partial charge in [-0.25, -0.2) is 32.6 Å². The molecule has 1 N–H and O–H groups in total. The molecule has 0 fully saturated rings. The third-order valence-electron chi connectivity index (χ3n) is 4.41. The van der Waals surface area contributed by atoms with Gasteiger partial charge in [0.05, 0.1) is 6.20 Å². The molecule has 0 saturated carbocycles. The van der Waals surface area contributed by atoms with Gasteiger partial charge in [-0.1, -0.05) is 13.3 Å². The van der Waals surface area contributed by atoms with Crippen LogP contribution in [0.1, 0.15) is 42.5 Å². The summed E-state index contributed by atoms with van der Waals surface area (Å²) in [6.45, 7) is 2.34. The topological polar surface area (TPSA) is 72.8 Å². The number of nitrogens with one attached hydrogen (secondary N) is 1. The Morgan fingerprint density at radius 1 is 1.25 bits per heavy atom. The zero-order valence-corrected chi connectivity index (χ0v) is 15.0. The van der Waals surface area contributed by atoms with E-state index in [1.807, 2.05) is 6.92 Å². The largest absolute Gasteiger partial charge is 0.299 e. The fraction of sp³-hybridized carbons (Fsp3) is 0.278. The molecule has 0 amide bonds. The minimum absolute atomic E-state index is 0.170. The quantitative estimate of drug-likeness (QED) is 0.700. The highest BCUT2D eigenvalue weighted by molar-refractivity contribution is 5.91. The maximum Gasteiger partial charge on any atom is 0.299 e. The Balaban J connectivity index is 1.71. The van der Waals surface area contributed by atoms with Crippen LogP contribution in [-0.2, 0) is 13.0 Å². The smallest absolute Gasteiger partial charge is 0.251 e. The summed E-state index contributed by atoms with van der Waals surface area (Å²) in [6, 6.07) is 2.85. The SMILES string of the molecule is CCCc1c(C[NH+]2C=CN=C2c2ncccc2F)ncn2nc(C(F)F)nc12. The first kappa shape index (κ1) is 18.2. The van der Waals surface area contributed by atoms with Crippen molar-refractivity contribution in [1.29, 1.82) is 0 Å². The molecule has 0 radical (unpaired) electrons. The summed E-state index contributed by atoms with van der Waals surface area (Å²) < 4.78 is 41.4. The monoisotopic (exact) mass is 388 g/mol. The first-order valence-electron chi connectivity index (χ1n) is 8.81. The molecule has 4 heterocycles. The van der Waals surface area contributed by atoms with Gasteiger partial charge in [0.2, 0.25) is 5.82 Å². The summed E-state index contributed by atoms with van der Waals surface area (Å²) in [4.78, 5) is 17.5. The van der Waals surface area contributed by atoms with Crippen molar-refractivity contribution in [3.05, 3.63) is 65.6 Å². The average molecular weight is 388 g/mol. The van der Waals surface area contributed by atoms with Crippen LogP contribution in [0, 0.1) is 5.82 Å².